The van der Waals surface area contributed by atoms with Gasteiger partial charge in [-0.2, -0.15) is 0 Å². The number of sulfonamides is 1. The molecule has 2 aromatic rings. The summed E-state index contributed by atoms with van der Waals surface area (Å²) in [6, 6.07) is 14.9. The predicted molar refractivity (Wildman–Crippen MR) is 130 cm³/mol. The molecule has 7 nitrogen and oxygen atoms in total. The van der Waals surface area contributed by atoms with Crippen molar-refractivity contribution < 1.29 is 13.2 Å². The molecule has 0 amide bonds. The van der Waals surface area contributed by atoms with Crippen molar-refractivity contribution >= 4 is 40.0 Å². The molecule has 0 aliphatic carbocycles. The summed E-state index contributed by atoms with van der Waals surface area (Å²) in [5.74, 6) is 1.66. The molecule has 1 heterocycles. The van der Waals surface area contributed by atoms with Gasteiger partial charge in [0.25, 0.3) is 0 Å². The van der Waals surface area contributed by atoms with E-state index in [1.807, 2.05) is 25.1 Å². The van der Waals surface area contributed by atoms with Gasteiger partial charge < -0.3 is 15.4 Å². The van der Waals surface area contributed by atoms with E-state index in [-0.39, 0.29) is 35.0 Å². The average molecular weight is 544 g/mol. The van der Waals surface area contributed by atoms with Crippen molar-refractivity contribution in [3.8, 4) is 5.75 Å². The van der Waals surface area contributed by atoms with Crippen LogP contribution in [0.2, 0.25) is 0 Å². The molecule has 164 valence electrons. The maximum atomic E-state index is 12.2. The highest BCUT2D eigenvalue weighted by atomic mass is 127. The Hall–Kier alpha value is -1.85. The lowest BCUT2D eigenvalue weighted by Crippen LogP contribution is -2.42. The van der Waals surface area contributed by atoms with Crippen LogP contribution in [0.4, 0.5) is 0 Å². The van der Waals surface area contributed by atoms with Gasteiger partial charge in [0.2, 0.25) is 10.0 Å². The van der Waals surface area contributed by atoms with Gasteiger partial charge in [-0.3, -0.25) is 0 Å². The van der Waals surface area contributed by atoms with Crippen LogP contribution >= 0.6 is 24.0 Å². The Morgan fingerprint density at radius 2 is 1.83 bits per heavy atom. The van der Waals surface area contributed by atoms with Crippen molar-refractivity contribution in [3.05, 3.63) is 59.7 Å². The van der Waals surface area contributed by atoms with Gasteiger partial charge in [0.1, 0.15) is 11.9 Å². The Morgan fingerprint density at radius 3 is 2.47 bits per heavy atom. The number of guanidine groups is 1. The number of hydrogen-bond donors (Lipinski definition) is 2. The summed E-state index contributed by atoms with van der Waals surface area (Å²) in [5.41, 5.74) is 2.17. The highest BCUT2D eigenvalue weighted by Gasteiger charge is 2.22. The van der Waals surface area contributed by atoms with Crippen LogP contribution in [0.5, 0.6) is 5.75 Å². The van der Waals surface area contributed by atoms with E-state index in [9.17, 15) is 8.42 Å². The van der Waals surface area contributed by atoms with E-state index in [0.717, 1.165) is 24.3 Å². The molecule has 2 aromatic carbocycles. The number of aliphatic imine (C=N–C) groups is 1. The number of halogens is 1. The smallest absolute Gasteiger partial charge is 0.242 e. The quantitative estimate of drug-likeness (QED) is 0.318. The minimum atomic E-state index is -3.42. The molecule has 0 radical (unpaired) electrons. The summed E-state index contributed by atoms with van der Waals surface area (Å²) in [6.07, 6.45) is 0.955. The second kappa shape index (κ2) is 11.0. The van der Waals surface area contributed by atoms with Crippen LogP contribution in [0.1, 0.15) is 18.1 Å². The maximum Gasteiger partial charge on any atom is 0.242 e. The molecule has 2 N–H and O–H groups in total. The highest BCUT2D eigenvalue weighted by molar-refractivity contribution is 14.0. The molecular weight excluding hydrogens is 515 g/mol. The second-order valence-corrected chi connectivity index (χ2v) is 9.21. The van der Waals surface area contributed by atoms with Gasteiger partial charge in [0, 0.05) is 27.1 Å². The molecule has 0 fully saturated rings. The van der Waals surface area contributed by atoms with Gasteiger partial charge in [0.05, 0.1) is 18.0 Å². The van der Waals surface area contributed by atoms with Crippen molar-refractivity contribution in [2.75, 3.05) is 27.2 Å². The molecule has 0 spiro atoms. The molecule has 0 aromatic heterocycles. The zero-order chi connectivity index (χ0) is 20.9. The molecule has 30 heavy (non-hydrogen) atoms. The lowest BCUT2D eigenvalue weighted by atomic mass is 10.1. The largest absolute Gasteiger partial charge is 0.488 e. The maximum absolute atomic E-state index is 12.2. The molecule has 1 aliphatic heterocycles. The van der Waals surface area contributed by atoms with Gasteiger partial charge in [-0.25, -0.2) is 17.7 Å². The molecule has 1 aliphatic rings. The van der Waals surface area contributed by atoms with E-state index >= 15 is 0 Å². The van der Waals surface area contributed by atoms with Crippen molar-refractivity contribution in [1.82, 2.24) is 14.9 Å². The van der Waals surface area contributed by atoms with Gasteiger partial charge in [-0.15, -0.1) is 24.0 Å². The van der Waals surface area contributed by atoms with E-state index in [1.54, 1.807) is 24.3 Å². The van der Waals surface area contributed by atoms with Crippen LogP contribution in [-0.4, -0.2) is 52.0 Å². The van der Waals surface area contributed by atoms with Crippen LogP contribution in [0, 0.1) is 0 Å². The van der Waals surface area contributed by atoms with Gasteiger partial charge in [-0.05, 0) is 36.2 Å². The molecule has 1 unspecified atom stereocenters. The van der Waals surface area contributed by atoms with Gasteiger partial charge >= 0.3 is 0 Å². The predicted octanol–water partition coefficient (Wildman–Crippen LogP) is 2.61. The Labute approximate surface area is 196 Å². The number of para-hydroxylation sites is 1. The molecule has 0 bridgehead atoms. The molecule has 3 rings (SSSR count). The summed E-state index contributed by atoms with van der Waals surface area (Å²) >= 11 is 0. The Bertz CT molecular complexity index is 937. The molecular formula is C21H29IN4O3S. The van der Waals surface area contributed by atoms with Crippen molar-refractivity contribution in [3.63, 3.8) is 0 Å². The first-order valence-corrected chi connectivity index (χ1v) is 11.1. The number of ether oxygens (including phenoxy) is 1. The van der Waals surface area contributed by atoms with Crippen LogP contribution in [0.25, 0.3) is 0 Å². The van der Waals surface area contributed by atoms with Gasteiger partial charge in [0.15, 0.2) is 5.96 Å². The second-order valence-electron chi connectivity index (χ2n) is 7.06. The third kappa shape index (κ3) is 6.08. The number of hydrogen-bond acceptors (Lipinski definition) is 4. The van der Waals surface area contributed by atoms with Crippen molar-refractivity contribution in [1.29, 1.82) is 0 Å². The SMILES string of the molecule is CCNC(=NCc1ccc(S(=O)(=O)N(C)C)cc1)NCC1Cc2ccccc2O1.I. The van der Waals surface area contributed by atoms with Crippen LogP contribution in [0.15, 0.2) is 58.4 Å². The summed E-state index contributed by atoms with van der Waals surface area (Å²) in [4.78, 5) is 4.88. The fourth-order valence-electron chi connectivity index (χ4n) is 3.07. The van der Waals surface area contributed by atoms with E-state index < -0.39 is 10.0 Å². The Morgan fingerprint density at radius 1 is 1.13 bits per heavy atom. The number of nitrogens with one attached hydrogen (secondary N) is 2. The molecule has 0 saturated heterocycles. The van der Waals surface area contributed by atoms with E-state index in [4.69, 9.17) is 4.74 Å². The average Bonchev–Trinajstić information content (AvgIpc) is 3.13. The Balaban J connectivity index is 0.00000320. The summed E-state index contributed by atoms with van der Waals surface area (Å²) in [7, 11) is -0.371. The molecule has 9 heteroatoms. The normalized spacial score (nSPS) is 15.9. The number of benzene rings is 2. The fraction of sp³-hybridized carbons (Fsp3) is 0.381. The third-order valence-electron chi connectivity index (χ3n) is 4.68. The summed E-state index contributed by atoms with van der Waals surface area (Å²) in [5, 5.41) is 6.56. The first-order valence-electron chi connectivity index (χ1n) is 9.68. The topological polar surface area (TPSA) is 83.0 Å². The lowest BCUT2D eigenvalue weighted by molar-refractivity contribution is 0.235. The highest BCUT2D eigenvalue weighted by Crippen LogP contribution is 2.27. The Kier molecular flexibility index (Phi) is 8.92. The van der Waals surface area contributed by atoms with Crippen LogP contribution < -0.4 is 15.4 Å². The summed E-state index contributed by atoms with van der Waals surface area (Å²) < 4.78 is 31.5. The van der Waals surface area contributed by atoms with Crippen LogP contribution in [-0.2, 0) is 23.0 Å². The first kappa shape index (κ1) is 24.4. The number of nitrogens with zero attached hydrogens (tertiary/aromatic N) is 2. The number of rotatable bonds is 7. The minimum absolute atomic E-state index is 0. The van der Waals surface area contributed by atoms with Gasteiger partial charge in [-0.1, -0.05) is 30.3 Å². The zero-order valence-corrected chi connectivity index (χ0v) is 20.6. The summed E-state index contributed by atoms with van der Waals surface area (Å²) in [6.45, 7) is 3.86. The van der Waals surface area contributed by atoms with Crippen LogP contribution in [0.3, 0.4) is 0 Å². The van der Waals surface area contributed by atoms with E-state index in [0.29, 0.717) is 19.0 Å². The van der Waals surface area contributed by atoms with E-state index in [1.165, 1.54) is 24.0 Å². The minimum Gasteiger partial charge on any atom is -0.488 e. The van der Waals surface area contributed by atoms with Crippen molar-refractivity contribution in [2.45, 2.75) is 30.9 Å². The number of fused-ring (bicyclic) bond motifs is 1. The molecule has 0 saturated carbocycles. The molecule has 1 atom stereocenters. The standard InChI is InChI=1S/C21H28N4O3S.HI/c1-4-22-21(24-15-18-13-17-7-5-6-8-20(17)28-18)23-14-16-9-11-19(12-10-16)29(26,27)25(2)3;/h5-12,18H,4,13-15H2,1-3H3,(H2,22,23,24);1H. The fourth-order valence-corrected chi connectivity index (χ4v) is 3.97. The van der Waals surface area contributed by atoms with E-state index in [2.05, 4.69) is 21.7 Å². The third-order valence-corrected chi connectivity index (χ3v) is 6.51. The zero-order valence-electron chi connectivity index (χ0n) is 17.5. The first-order chi connectivity index (χ1) is 13.9. The monoisotopic (exact) mass is 544 g/mol. The lowest BCUT2D eigenvalue weighted by Gasteiger charge is -2.15. The van der Waals surface area contributed by atoms with Crippen molar-refractivity contribution in [2.24, 2.45) is 4.99 Å².